The van der Waals surface area contributed by atoms with Gasteiger partial charge in [-0.25, -0.2) is 0 Å². The monoisotopic (exact) mass is 208 g/mol. The normalized spacial score (nSPS) is 30.2. The van der Waals surface area contributed by atoms with E-state index in [9.17, 15) is 4.79 Å². The summed E-state index contributed by atoms with van der Waals surface area (Å²) >= 11 is 0. The quantitative estimate of drug-likeness (QED) is 0.755. The number of hydrogen-bond donors (Lipinski definition) is 1. The summed E-state index contributed by atoms with van der Waals surface area (Å²) in [6.45, 7) is 8.90. The van der Waals surface area contributed by atoms with Crippen molar-refractivity contribution < 1.29 is 4.79 Å². The highest BCUT2D eigenvalue weighted by Gasteiger charge is 2.48. The summed E-state index contributed by atoms with van der Waals surface area (Å²) in [5.74, 6) is 0.420. The van der Waals surface area contributed by atoms with Gasteiger partial charge in [-0.1, -0.05) is 27.7 Å². The highest BCUT2D eigenvalue weighted by atomic mass is 16.2. The van der Waals surface area contributed by atoms with Crippen LogP contribution in [0.4, 0.5) is 0 Å². The van der Waals surface area contributed by atoms with E-state index in [0.29, 0.717) is 25.3 Å². The van der Waals surface area contributed by atoms with E-state index < -0.39 is 5.41 Å². The minimum atomic E-state index is -0.731. The molecule has 0 radical (unpaired) electrons. The fraction of sp³-hybridized carbons (Fsp3) is 0.833. The standard InChI is InChI=1S/C12H20N2O/c1-9-5-12(6-9,7-13)10(15)14-8-11(2,3)4/h9H,5-6,8H2,1-4H3,(H,14,15). The molecule has 0 saturated heterocycles. The third-order valence-electron chi connectivity index (χ3n) is 2.82. The van der Waals surface area contributed by atoms with Gasteiger partial charge in [-0.05, 0) is 24.2 Å². The van der Waals surface area contributed by atoms with Gasteiger partial charge in [0.1, 0.15) is 5.41 Å². The second kappa shape index (κ2) is 3.84. The van der Waals surface area contributed by atoms with E-state index in [2.05, 4.69) is 39.1 Å². The molecule has 84 valence electrons. The minimum absolute atomic E-state index is 0.0711. The number of carbonyl (C=O) groups excluding carboxylic acids is 1. The van der Waals surface area contributed by atoms with Crippen LogP contribution >= 0.6 is 0 Å². The van der Waals surface area contributed by atoms with Crippen molar-refractivity contribution in [3.8, 4) is 6.07 Å². The fourth-order valence-electron chi connectivity index (χ4n) is 1.97. The number of amides is 1. The zero-order valence-electron chi connectivity index (χ0n) is 10.1. The fourth-order valence-corrected chi connectivity index (χ4v) is 1.97. The van der Waals surface area contributed by atoms with E-state index in [1.54, 1.807) is 0 Å². The van der Waals surface area contributed by atoms with Crippen LogP contribution in [0.25, 0.3) is 0 Å². The van der Waals surface area contributed by atoms with E-state index in [-0.39, 0.29) is 11.3 Å². The maximum atomic E-state index is 11.8. The van der Waals surface area contributed by atoms with Crippen molar-refractivity contribution in [3.05, 3.63) is 0 Å². The maximum absolute atomic E-state index is 11.8. The molecule has 0 aromatic rings. The lowest BCUT2D eigenvalue weighted by Gasteiger charge is -2.39. The number of nitrogens with one attached hydrogen (secondary N) is 1. The van der Waals surface area contributed by atoms with Gasteiger partial charge < -0.3 is 5.32 Å². The summed E-state index contributed by atoms with van der Waals surface area (Å²) in [5.41, 5.74) is -0.660. The molecule has 3 nitrogen and oxygen atoms in total. The molecule has 1 amide bonds. The Labute approximate surface area is 91.9 Å². The molecule has 0 atom stereocenters. The van der Waals surface area contributed by atoms with Crippen LogP contribution in [0.2, 0.25) is 0 Å². The van der Waals surface area contributed by atoms with Gasteiger partial charge in [0, 0.05) is 6.54 Å². The Morgan fingerprint density at radius 2 is 2.07 bits per heavy atom. The zero-order valence-corrected chi connectivity index (χ0v) is 10.1. The van der Waals surface area contributed by atoms with Gasteiger partial charge in [-0.15, -0.1) is 0 Å². The van der Waals surface area contributed by atoms with Crippen molar-refractivity contribution in [3.63, 3.8) is 0 Å². The van der Waals surface area contributed by atoms with Gasteiger partial charge in [-0.3, -0.25) is 4.79 Å². The van der Waals surface area contributed by atoms with Crippen molar-refractivity contribution in [2.24, 2.45) is 16.7 Å². The summed E-state index contributed by atoms with van der Waals surface area (Å²) < 4.78 is 0. The average molecular weight is 208 g/mol. The summed E-state index contributed by atoms with van der Waals surface area (Å²) in [6, 6.07) is 2.17. The van der Waals surface area contributed by atoms with Crippen LogP contribution in [0.3, 0.4) is 0 Å². The lowest BCUT2D eigenvalue weighted by Crippen LogP contribution is -2.49. The molecule has 1 fully saturated rings. The largest absolute Gasteiger partial charge is 0.354 e. The highest BCUT2D eigenvalue weighted by Crippen LogP contribution is 2.45. The molecule has 0 spiro atoms. The van der Waals surface area contributed by atoms with Crippen LogP contribution < -0.4 is 5.32 Å². The van der Waals surface area contributed by atoms with Crippen molar-refractivity contribution in [1.29, 1.82) is 5.26 Å². The zero-order chi connectivity index (χ0) is 11.7. The van der Waals surface area contributed by atoms with Gasteiger partial charge in [0.2, 0.25) is 5.91 Å². The lowest BCUT2D eigenvalue weighted by atomic mass is 9.63. The Kier molecular flexibility index (Phi) is 3.08. The molecule has 1 saturated carbocycles. The summed E-state index contributed by atoms with van der Waals surface area (Å²) in [7, 11) is 0. The first kappa shape index (κ1) is 12.0. The molecule has 0 aliphatic heterocycles. The molecule has 3 heteroatoms. The first-order chi connectivity index (χ1) is 6.79. The molecule has 1 rings (SSSR count). The Morgan fingerprint density at radius 1 is 1.53 bits per heavy atom. The SMILES string of the molecule is CC1CC(C#N)(C(=O)NCC(C)(C)C)C1. The summed E-state index contributed by atoms with van der Waals surface area (Å²) in [5, 5.41) is 11.9. The third-order valence-corrected chi connectivity index (χ3v) is 2.82. The number of carbonyl (C=O) groups is 1. The molecule has 15 heavy (non-hydrogen) atoms. The van der Waals surface area contributed by atoms with Gasteiger partial charge in [0.05, 0.1) is 6.07 Å². The molecule has 1 N–H and O–H groups in total. The van der Waals surface area contributed by atoms with E-state index >= 15 is 0 Å². The summed E-state index contributed by atoms with van der Waals surface area (Å²) in [4.78, 5) is 11.8. The Bertz CT molecular complexity index is 290. The molecular formula is C12H20N2O. The highest BCUT2D eigenvalue weighted by molar-refractivity contribution is 5.86. The molecule has 0 bridgehead atoms. The molecule has 0 aromatic carbocycles. The van der Waals surface area contributed by atoms with E-state index in [4.69, 9.17) is 5.26 Å². The summed E-state index contributed by atoms with van der Waals surface area (Å²) in [6.07, 6.45) is 1.42. The van der Waals surface area contributed by atoms with Gasteiger partial charge in [0.15, 0.2) is 0 Å². The Balaban J connectivity index is 2.51. The maximum Gasteiger partial charge on any atom is 0.240 e. The second-order valence-electron chi connectivity index (χ2n) is 5.95. The van der Waals surface area contributed by atoms with Crippen LogP contribution in [0.15, 0.2) is 0 Å². The molecule has 1 aliphatic carbocycles. The van der Waals surface area contributed by atoms with Crippen LogP contribution in [-0.4, -0.2) is 12.5 Å². The van der Waals surface area contributed by atoms with E-state index in [0.717, 1.165) is 0 Å². The lowest BCUT2D eigenvalue weighted by molar-refractivity contribution is -0.134. The number of hydrogen-bond acceptors (Lipinski definition) is 2. The first-order valence-electron chi connectivity index (χ1n) is 5.49. The molecular weight excluding hydrogens is 188 g/mol. The van der Waals surface area contributed by atoms with Crippen LogP contribution in [-0.2, 0) is 4.79 Å². The number of rotatable bonds is 2. The van der Waals surface area contributed by atoms with Crippen molar-refractivity contribution in [2.75, 3.05) is 6.54 Å². The minimum Gasteiger partial charge on any atom is -0.354 e. The topological polar surface area (TPSA) is 52.9 Å². The van der Waals surface area contributed by atoms with Gasteiger partial charge in [-0.2, -0.15) is 5.26 Å². The second-order valence-corrected chi connectivity index (χ2v) is 5.95. The average Bonchev–Trinajstić information content (AvgIpc) is 2.07. The first-order valence-corrected chi connectivity index (χ1v) is 5.49. The van der Waals surface area contributed by atoms with Crippen molar-refractivity contribution in [1.82, 2.24) is 5.32 Å². The van der Waals surface area contributed by atoms with Gasteiger partial charge in [0.25, 0.3) is 0 Å². The van der Waals surface area contributed by atoms with Crippen molar-refractivity contribution in [2.45, 2.75) is 40.5 Å². The van der Waals surface area contributed by atoms with Crippen molar-refractivity contribution >= 4 is 5.91 Å². The van der Waals surface area contributed by atoms with Crippen LogP contribution in [0.1, 0.15) is 40.5 Å². The smallest absolute Gasteiger partial charge is 0.240 e. The third kappa shape index (κ3) is 2.71. The molecule has 0 aromatic heterocycles. The van der Waals surface area contributed by atoms with Crippen LogP contribution in [0, 0.1) is 28.1 Å². The predicted molar refractivity (Wildman–Crippen MR) is 58.9 cm³/mol. The van der Waals surface area contributed by atoms with Crippen LogP contribution in [0.5, 0.6) is 0 Å². The van der Waals surface area contributed by atoms with E-state index in [1.807, 2.05) is 0 Å². The molecule has 0 heterocycles. The predicted octanol–water partition coefficient (Wildman–Crippen LogP) is 2.09. The molecule has 1 aliphatic rings. The number of nitrogens with zero attached hydrogens (tertiary/aromatic N) is 1. The Morgan fingerprint density at radius 3 is 2.40 bits per heavy atom. The Hall–Kier alpha value is -1.04. The number of nitriles is 1. The van der Waals surface area contributed by atoms with Gasteiger partial charge >= 0.3 is 0 Å². The molecule has 0 unspecified atom stereocenters. The van der Waals surface area contributed by atoms with E-state index in [1.165, 1.54) is 0 Å².